The number of amides is 2. The molecule has 0 spiro atoms. The average molecular weight is 425 g/mol. The van der Waals surface area contributed by atoms with Crippen LogP contribution in [0.2, 0.25) is 0 Å². The Morgan fingerprint density at radius 3 is 2.32 bits per heavy atom. The van der Waals surface area contributed by atoms with Gasteiger partial charge >= 0.3 is 6.03 Å². The summed E-state index contributed by atoms with van der Waals surface area (Å²) in [5.41, 5.74) is 2.81. The third-order valence-electron chi connectivity index (χ3n) is 5.12. The Labute approximate surface area is 181 Å². The first-order valence-corrected chi connectivity index (χ1v) is 10.1. The van der Waals surface area contributed by atoms with E-state index in [1.54, 1.807) is 15.8 Å². The number of anilines is 1. The van der Waals surface area contributed by atoms with Crippen molar-refractivity contribution < 1.29 is 19.8 Å². The number of piperazine rings is 1. The Hall–Kier alpha value is -3.35. The summed E-state index contributed by atoms with van der Waals surface area (Å²) >= 11 is 0. The minimum atomic E-state index is -1.11. The molecule has 0 aliphatic carbocycles. The van der Waals surface area contributed by atoms with E-state index >= 15 is 0 Å². The number of ketones is 1. The standard InChI is InChI=1S/C22H27N5O4/c1-16(29)21(20(30)15-28)24-22(31)27-11-9-26(10-12-27)19-7-5-17(6-8-19)3-4-18-13-23-25(2)14-18/h5-8,13-14,16,21,28-29H,9-12,15H2,1-2H3,(H,24,31)/t16-,21+/m0/s1. The van der Waals surface area contributed by atoms with Gasteiger partial charge in [0.1, 0.15) is 12.6 Å². The van der Waals surface area contributed by atoms with Gasteiger partial charge in [-0.15, -0.1) is 0 Å². The third kappa shape index (κ3) is 5.84. The second-order valence-corrected chi connectivity index (χ2v) is 7.47. The molecule has 164 valence electrons. The fourth-order valence-corrected chi connectivity index (χ4v) is 3.35. The van der Waals surface area contributed by atoms with Gasteiger partial charge in [-0.1, -0.05) is 11.8 Å². The van der Waals surface area contributed by atoms with Gasteiger partial charge in [-0.3, -0.25) is 9.48 Å². The predicted molar refractivity (Wildman–Crippen MR) is 116 cm³/mol. The largest absolute Gasteiger partial charge is 0.391 e. The number of carbonyl (C=O) groups excluding carboxylic acids is 2. The second-order valence-electron chi connectivity index (χ2n) is 7.47. The van der Waals surface area contributed by atoms with Gasteiger partial charge in [-0.05, 0) is 31.2 Å². The van der Waals surface area contributed by atoms with E-state index < -0.39 is 30.6 Å². The van der Waals surface area contributed by atoms with Crippen molar-refractivity contribution in [2.24, 2.45) is 7.05 Å². The minimum absolute atomic E-state index is 0.423. The van der Waals surface area contributed by atoms with Crippen molar-refractivity contribution in [2.75, 3.05) is 37.7 Å². The van der Waals surface area contributed by atoms with Crippen LogP contribution in [0.15, 0.2) is 36.7 Å². The highest BCUT2D eigenvalue weighted by Crippen LogP contribution is 2.17. The first-order valence-electron chi connectivity index (χ1n) is 10.1. The highest BCUT2D eigenvalue weighted by Gasteiger charge is 2.28. The number of benzene rings is 1. The fourth-order valence-electron chi connectivity index (χ4n) is 3.35. The molecule has 31 heavy (non-hydrogen) atoms. The molecule has 1 fully saturated rings. The number of Topliss-reactive ketones (excluding diaryl/α,β-unsaturated/α-hetero) is 1. The maximum absolute atomic E-state index is 12.4. The van der Waals surface area contributed by atoms with Crippen LogP contribution in [0.25, 0.3) is 0 Å². The van der Waals surface area contributed by atoms with E-state index in [0.717, 1.165) is 16.8 Å². The molecule has 0 saturated carbocycles. The van der Waals surface area contributed by atoms with Crippen LogP contribution in [-0.4, -0.2) is 81.6 Å². The predicted octanol–water partition coefficient (Wildman–Crippen LogP) is -0.0377. The zero-order valence-corrected chi connectivity index (χ0v) is 17.7. The van der Waals surface area contributed by atoms with E-state index in [1.165, 1.54) is 6.92 Å². The fraction of sp³-hybridized carbons (Fsp3) is 0.409. The maximum atomic E-state index is 12.4. The van der Waals surface area contributed by atoms with Crippen molar-refractivity contribution in [3.05, 3.63) is 47.8 Å². The zero-order chi connectivity index (χ0) is 22.4. The summed E-state index contributed by atoms with van der Waals surface area (Å²) in [6, 6.07) is 6.40. The van der Waals surface area contributed by atoms with Gasteiger partial charge < -0.3 is 25.3 Å². The van der Waals surface area contributed by atoms with Gasteiger partial charge in [-0.2, -0.15) is 5.10 Å². The Kier molecular flexibility index (Phi) is 7.28. The van der Waals surface area contributed by atoms with Gasteiger partial charge in [0.2, 0.25) is 0 Å². The molecule has 9 heteroatoms. The number of rotatable bonds is 5. The van der Waals surface area contributed by atoms with Gasteiger partial charge in [0, 0.05) is 50.7 Å². The molecule has 2 aromatic rings. The Balaban J connectivity index is 1.54. The molecule has 1 aromatic carbocycles. The monoisotopic (exact) mass is 425 g/mol. The molecule has 2 heterocycles. The van der Waals surface area contributed by atoms with Crippen LogP contribution in [0.5, 0.6) is 0 Å². The lowest BCUT2D eigenvalue weighted by molar-refractivity contribution is -0.125. The van der Waals surface area contributed by atoms with Crippen molar-refractivity contribution in [1.29, 1.82) is 0 Å². The number of aryl methyl sites for hydroxylation is 1. The molecule has 3 rings (SSSR count). The number of aromatic nitrogens is 2. The summed E-state index contributed by atoms with van der Waals surface area (Å²) in [6.45, 7) is 2.92. The maximum Gasteiger partial charge on any atom is 0.318 e. The van der Waals surface area contributed by atoms with Crippen molar-refractivity contribution in [2.45, 2.75) is 19.1 Å². The quantitative estimate of drug-likeness (QED) is 0.580. The van der Waals surface area contributed by atoms with E-state index in [-0.39, 0.29) is 0 Å². The lowest BCUT2D eigenvalue weighted by atomic mass is 10.1. The van der Waals surface area contributed by atoms with Gasteiger partial charge in [0.05, 0.1) is 17.9 Å². The van der Waals surface area contributed by atoms with Gasteiger partial charge in [0.15, 0.2) is 5.78 Å². The SMILES string of the molecule is C[C@H](O)[C@@H](NC(=O)N1CCN(c2ccc(C#Cc3cnn(C)c3)cc2)CC1)C(=O)CO. The molecule has 3 N–H and O–H groups in total. The molecule has 2 atom stereocenters. The number of aliphatic hydroxyl groups excluding tert-OH is 2. The third-order valence-corrected chi connectivity index (χ3v) is 5.12. The van der Waals surface area contributed by atoms with Crippen molar-refractivity contribution in [3.63, 3.8) is 0 Å². The molecular weight excluding hydrogens is 398 g/mol. The van der Waals surface area contributed by atoms with E-state index in [4.69, 9.17) is 5.11 Å². The average Bonchev–Trinajstić information content (AvgIpc) is 3.20. The summed E-state index contributed by atoms with van der Waals surface area (Å²) in [4.78, 5) is 27.9. The van der Waals surface area contributed by atoms with Gasteiger partial charge in [-0.25, -0.2) is 4.79 Å². The summed E-state index contributed by atoms with van der Waals surface area (Å²) in [5, 5.41) is 25.3. The number of nitrogens with zero attached hydrogens (tertiary/aromatic N) is 4. The molecule has 0 unspecified atom stereocenters. The first kappa shape index (κ1) is 22.3. The molecule has 0 radical (unpaired) electrons. The molecule has 1 saturated heterocycles. The summed E-state index contributed by atoms with van der Waals surface area (Å²) in [7, 11) is 1.85. The normalized spacial score (nSPS) is 15.6. The number of hydrogen-bond acceptors (Lipinski definition) is 6. The Bertz CT molecular complexity index is 966. The second kappa shape index (κ2) is 10.1. The van der Waals surface area contributed by atoms with Crippen LogP contribution in [0.1, 0.15) is 18.1 Å². The highest BCUT2D eigenvalue weighted by atomic mass is 16.3. The summed E-state index contributed by atoms with van der Waals surface area (Å²) in [5.74, 6) is 5.58. The van der Waals surface area contributed by atoms with E-state index in [2.05, 4.69) is 27.2 Å². The molecule has 1 aliphatic heterocycles. The zero-order valence-electron chi connectivity index (χ0n) is 17.7. The number of urea groups is 1. The smallest absolute Gasteiger partial charge is 0.318 e. The van der Waals surface area contributed by atoms with E-state index in [1.807, 2.05) is 37.5 Å². The topological polar surface area (TPSA) is 111 Å². The van der Waals surface area contributed by atoms with Gasteiger partial charge in [0.25, 0.3) is 0 Å². The van der Waals surface area contributed by atoms with Crippen molar-refractivity contribution in [3.8, 4) is 11.8 Å². The molecule has 1 aliphatic rings. The van der Waals surface area contributed by atoms with E-state index in [9.17, 15) is 14.7 Å². The lowest BCUT2D eigenvalue weighted by Crippen LogP contribution is -2.57. The molecule has 1 aromatic heterocycles. The van der Waals surface area contributed by atoms with Crippen LogP contribution in [0.3, 0.4) is 0 Å². The molecular formula is C22H27N5O4. The molecule has 0 bridgehead atoms. The Morgan fingerprint density at radius 1 is 1.13 bits per heavy atom. The summed E-state index contributed by atoms with van der Waals surface area (Å²) < 4.78 is 1.71. The molecule has 2 amide bonds. The van der Waals surface area contributed by atoms with Crippen LogP contribution >= 0.6 is 0 Å². The van der Waals surface area contributed by atoms with Crippen LogP contribution < -0.4 is 10.2 Å². The van der Waals surface area contributed by atoms with Crippen LogP contribution in [-0.2, 0) is 11.8 Å². The number of hydrogen-bond donors (Lipinski definition) is 3. The number of nitrogens with one attached hydrogen (secondary N) is 1. The molecule has 9 nitrogen and oxygen atoms in total. The number of carbonyl (C=O) groups is 2. The Morgan fingerprint density at radius 2 is 1.77 bits per heavy atom. The summed E-state index contributed by atoms with van der Waals surface area (Å²) in [6.07, 6.45) is 2.50. The lowest BCUT2D eigenvalue weighted by Gasteiger charge is -2.36. The minimum Gasteiger partial charge on any atom is -0.391 e. The highest BCUT2D eigenvalue weighted by molar-refractivity contribution is 5.89. The number of aliphatic hydroxyl groups is 2. The van der Waals surface area contributed by atoms with Crippen LogP contribution in [0, 0.1) is 11.8 Å². The van der Waals surface area contributed by atoms with Crippen molar-refractivity contribution in [1.82, 2.24) is 20.0 Å². The van der Waals surface area contributed by atoms with Crippen molar-refractivity contribution >= 4 is 17.5 Å². The van der Waals surface area contributed by atoms with Crippen LogP contribution in [0.4, 0.5) is 10.5 Å². The first-order chi connectivity index (χ1) is 14.9. The van der Waals surface area contributed by atoms with E-state index in [0.29, 0.717) is 26.2 Å².